The summed E-state index contributed by atoms with van der Waals surface area (Å²) < 4.78 is 0. The van der Waals surface area contributed by atoms with Gasteiger partial charge in [0.2, 0.25) is 0 Å². The molecule has 1 heterocycles. The topological polar surface area (TPSA) is 24.4 Å². The Balaban J connectivity index is 2.59. The van der Waals surface area contributed by atoms with Gasteiger partial charge in [-0.3, -0.25) is 4.99 Å². The average molecular weight is 134 g/mol. The van der Waals surface area contributed by atoms with Gasteiger partial charge in [0.05, 0.1) is 6.54 Å². The van der Waals surface area contributed by atoms with E-state index < -0.39 is 0 Å². The summed E-state index contributed by atoms with van der Waals surface area (Å²) in [5.74, 6) is 3.12. The van der Waals surface area contributed by atoms with Gasteiger partial charge in [0.15, 0.2) is 5.84 Å². The number of terminal acetylenes is 1. The lowest BCUT2D eigenvalue weighted by atomic mass is 10.3. The molecule has 1 rings (SSSR count). The number of allylic oxidation sites excluding steroid dienone is 1. The van der Waals surface area contributed by atoms with E-state index in [0.717, 1.165) is 13.0 Å². The summed E-state index contributed by atoms with van der Waals surface area (Å²) in [4.78, 5) is 4.04. The Morgan fingerprint density at radius 1 is 1.90 bits per heavy atom. The van der Waals surface area contributed by atoms with Crippen molar-refractivity contribution in [1.29, 1.82) is 0 Å². The third kappa shape index (κ3) is 1.38. The van der Waals surface area contributed by atoms with E-state index in [4.69, 9.17) is 6.42 Å². The van der Waals surface area contributed by atoms with Gasteiger partial charge in [0.1, 0.15) is 0 Å². The molecule has 0 amide bonds. The molecular formula is C8H10N2. The largest absolute Gasteiger partial charge is 0.337 e. The summed E-state index contributed by atoms with van der Waals surface area (Å²) in [5.41, 5.74) is 1.17. The van der Waals surface area contributed by atoms with Crippen LogP contribution >= 0.6 is 0 Å². The molecule has 10 heavy (non-hydrogen) atoms. The van der Waals surface area contributed by atoms with E-state index in [1.165, 1.54) is 5.70 Å². The second-order valence-electron chi connectivity index (χ2n) is 2.04. The fourth-order valence-electron chi connectivity index (χ4n) is 0.804. The van der Waals surface area contributed by atoms with Crippen LogP contribution in [0.5, 0.6) is 0 Å². The number of amidine groups is 1. The molecule has 0 bridgehead atoms. The first kappa shape index (κ1) is 6.88. The summed E-state index contributed by atoms with van der Waals surface area (Å²) in [6, 6.07) is 0. The van der Waals surface area contributed by atoms with Gasteiger partial charge in [0.25, 0.3) is 0 Å². The van der Waals surface area contributed by atoms with E-state index in [0.29, 0.717) is 5.84 Å². The zero-order valence-electron chi connectivity index (χ0n) is 6.02. The molecule has 0 radical (unpaired) electrons. The molecule has 0 spiro atoms. The van der Waals surface area contributed by atoms with Gasteiger partial charge in [-0.2, -0.15) is 0 Å². The maximum Gasteiger partial charge on any atom is 0.178 e. The molecule has 52 valence electrons. The highest BCUT2D eigenvalue weighted by atomic mass is 15.0. The van der Waals surface area contributed by atoms with Crippen LogP contribution in [0, 0.1) is 12.3 Å². The molecule has 0 unspecified atom stereocenters. The third-order valence-electron chi connectivity index (χ3n) is 1.38. The minimum atomic E-state index is 0.652. The molecule has 2 heteroatoms. The molecule has 0 aromatic heterocycles. The van der Waals surface area contributed by atoms with Gasteiger partial charge in [0, 0.05) is 5.70 Å². The molecule has 0 aromatic rings. The molecule has 0 saturated carbocycles. The van der Waals surface area contributed by atoms with Gasteiger partial charge < -0.3 is 5.32 Å². The minimum absolute atomic E-state index is 0.652. The first-order valence-electron chi connectivity index (χ1n) is 3.34. The fraction of sp³-hybridized carbons (Fsp3) is 0.375. The Labute approximate surface area is 61.0 Å². The molecule has 1 N–H and O–H groups in total. The smallest absolute Gasteiger partial charge is 0.178 e. The highest BCUT2D eigenvalue weighted by Gasteiger charge is 2.00. The number of nitrogens with zero attached hydrogens (tertiary/aromatic N) is 1. The summed E-state index contributed by atoms with van der Waals surface area (Å²) in [7, 11) is 0. The summed E-state index contributed by atoms with van der Waals surface area (Å²) in [6.45, 7) is 2.80. The highest BCUT2D eigenvalue weighted by Crippen LogP contribution is 1.99. The summed E-state index contributed by atoms with van der Waals surface area (Å²) in [6.07, 6.45) is 8.18. The Hall–Kier alpha value is -1.23. The van der Waals surface area contributed by atoms with Crippen LogP contribution in [0.2, 0.25) is 0 Å². The number of hydrogen-bond donors (Lipinski definition) is 1. The molecule has 0 aliphatic carbocycles. The Morgan fingerprint density at radius 3 is 3.30 bits per heavy atom. The SMILES string of the molecule is C#CC1=NCC=C(CC)N1. The van der Waals surface area contributed by atoms with Crippen molar-refractivity contribution in [2.75, 3.05) is 6.54 Å². The van der Waals surface area contributed by atoms with Crippen LogP contribution in [-0.4, -0.2) is 12.4 Å². The predicted molar refractivity (Wildman–Crippen MR) is 42.6 cm³/mol. The Kier molecular flexibility index (Phi) is 2.11. The quantitative estimate of drug-likeness (QED) is 0.530. The van der Waals surface area contributed by atoms with Crippen molar-refractivity contribution in [2.24, 2.45) is 4.99 Å². The van der Waals surface area contributed by atoms with Crippen molar-refractivity contribution < 1.29 is 0 Å². The zero-order valence-corrected chi connectivity index (χ0v) is 6.02. The lowest BCUT2D eigenvalue weighted by Gasteiger charge is -2.10. The molecule has 0 atom stereocenters. The lowest BCUT2D eigenvalue weighted by Crippen LogP contribution is -2.24. The minimum Gasteiger partial charge on any atom is -0.337 e. The Bertz CT molecular complexity index is 218. The fourth-order valence-corrected chi connectivity index (χ4v) is 0.804. The van der Waals surface area contributed by atoms with Crippen molar-refractivity contribution in [1.82, 2.24) is 5.32 Å². The second kappa shape index (κ2) is 3.07. The van der Waals surface area contributed by atoms with Crippen LogP contribution in [0.1, 0.15) is 13.3 Å². The van der Waals surface area contributed by atoms with E-state index in [1.807, 2.05) is 6.08 Å². The van der Waals surface area contributed by atoms with Crippen LogP contribution < -0.4 is 5.32 Å². The number of nitrogens with one attached hydrogen (secondary N) is 1. The summed E-state index contributed by atoms with van der Waals surface area (Å²) >= 11 is 0. The van der Waals surface area contributed by atoms with Crippen LogP contribution in [0.4, 0.5) is 0 Å². The lowest BCUT2D eigenvalue weighted by molar-refractivity contribution is 0.933. The van der Waals surface area contributed by atoms with Gasteiger partial charge in [-0.25, -0.2) is 0 Å². The predicted octanol–water partition coefficient (Wildman–Crippen LogP) is 0.915. The zero-order chi connectivity index (χ0) is 7.40. The van der Waals surface area contributed by atoms with E-state index in [1.54, 1.807) is 0 Å². The number of hydrogen-bond acceptors (Lipinski definition) is 2. The van der Waals surface area contributed by atoms with Gasteiger partial charge in [-0.15, -0.1) is 6.42 Å². The summed E-state index contributed by atoms with van der Waals surface area (Å²) in [5, 5.41) is 3.03. The first-order valence-corrected chi connectivity index (χ1v) is 3.34. The van der Waals surface area contributed by atoms with Crippen molar-refractivity contribution >= 4 is 5.84 Å². The molecular weight excluding hydrogens is 124 g/mol. The molecule has 1 aliphatic rings. The molecule has 0 saturated heterocycles. The van der Waals surface area contributed by atoms with Gasteiger partial charge in [-0.1, -0.05) is 6.92 Å². The molecule has 1 aliphatic heterocycles. The van der Waals surface area contributed by atoms with Crippen molar-refractivity contribution in [3.63, 3.8) is 0 Å². The standard InChI is InChI=1S/C8H10N2/c1-3-7-5-6-9-8(4-2)10-7/h2,5H,3,6H2,1H3,(H,9,10). The van der Waals surface area contributed by atoms with E-state index in [9.17, 15) is 0 Å². The molecule has 0 aromatic carbocycles. The number of aliphatic imine (C=N–C) groups is 1. The van der Waals surface area contributed by atoms with Gasteiger partial charge >= 0.3 is 0 Å². The van der Waals surface area contributed by atoms with Crippen molar-refractivity contribution in [3.8, 4) is 12.3 Å². The van der Waals surface area contributed by atoms with Crippen molar-refractivity contribution in [2.45, 2.75) is 13.3 Å². The maximum absolute atomic E-state index is 5.15. The van der Waals surface area contributed by atoms with E-state index in [-0.39, 0.29) is 0 Å². The normalized spacial score (nSPS) is 16.4. The third-order valence-corrected chi connectivity index (χ3v) is 1.38. The van der Waals surface area contributed by atoms with Crippen LogP contribution in [0.25, 0.3) is 0 Å². The van der Waals surface area contributed by atoms with Crippen LogP contribution in [-0.2, 0) is 0 Å². The monoisotopic (exact) mass is 134 g/mol. The first-order chi connectivity index (χ1) is 4.86. The van der Waals surface area contributed by atoms with Crippen molar-refractivity contribution in [3.05, 3.63) is 11.8 Å². The molecule has 0 fully saturated rings. The average Bonchev–Trinajstić information content (AvgIpc) is 2.05. The molecule has 2 nitrogen and oxygen atoms in total. The van der Waals surface area contributed by atoms with Crippen LogP contribution in [0.15, 0.2) is 16.8 Å². The second-order valence-corrected chi connectivity index (χ2v) is 2.04. The van der Waals surface area contributed by atoms with E-state index in [2.05, 4.69) is 23.2 Å². The maximum atomic E-state index is 5.15. The van der Waals surface area contributed by atoms with Crippen LogP contribution in [0.3, 0.4) is 0 Å². The number of rotatable bonds is 1. The van der Waals surface area contributed by atoms with Gasteiger partial charge in [-0.05, 0) is 18.4 Å². The van der Waals surface area contributed by atoms with E-state index >= 15 is 0 Å². The Morgan fingerprint density at radius 2 is 2.70 bits per heavy atom. The highest BCUT2D eigenvalue weighted by molar-refractivity contribution is 5.99.